The van der Waals surface area contributed by atoms with E-state index in [4.69, 9.17) is 4.74 Å². The van der Waals surface area contributed by atoms with Crippen LogP contribution in [-0.4, -0.2) is 48.6 Å². The summed E-state index contributed by atoms with van der Waals surface area (Å²) >= 11 is 0. The molecule has 0 heterocycles. The minimum Gasteiger partial charge on any atom is -0.459 e. The number of carbonyl (C=O) groups is 2. The van der Waals surface area contributed by atoms with E-state index in [0.717, 1.165) is 12.1 Å². The molecule has 0 aliphatic rings. The first-order valence-corrected chi connectivity index (χ1v) is 8.80. The zero-order chi connectivity index (χ0) is 21.5. The number of benzene rings is 1. The molecule has 0 aromatic heterocycles. The van der Waals surface area contributed by atoms with E-state index in [-0.39, 0.29) is 18.9 Å². The Bertz CT molecular complexity index is 679. The highest BCUT2D eigenvalue weighted by Crippen LogP contribution is 2.29. The Labute approximate surface area is 163 Å². The number of rotatable bonds is 8. The van der Waals surface area contributed by atoms with Crippen LogP contribution in [0.1, 0.15) is 31.9 Å². The summed E-state index contributed by atoms with van der Waals surface area (Å²) in [6.07, 6.45) is -2.67. The van der Waals surface area contributed by atoms with E-state index >= 15 is 0 Å². The van der Waals surface area contributed by atoms with E-state index in [2.05, 4.69) is 11.9 Å². The van der Waals surface area contributed by atoms with E-state index in [1.165, 1.54) is 24.1 Å². The number of alkyl halides is 3. The highest BCUT2D eigenvalue weighted by molar-refractivity contribution is 5.86. The molecule has 0 radical (unpaired) electrons. The van der Waals surface area contributed by atoms with Crippen molar-refractivity contribution in [1.82, 2.24) is 10.2 Å². The lowest BCUT2D eigenvalue weighted by Gasteiger charge is -2.26. The fourth-order valence-electron chi connectivity index (χ4n) is 2.45. The van der Waals surface area contributed by atoms with Crippen LogP contribution in [0.15, 0.2) is 36.9 Å². The molecule has 1 aromatic rings. The number of nitrogens with zero attached hydrogens (tertiary/aromatic N) is 1. The lowest BCUT2D eigenvalue weighted by atomic mass is 10.0. The Kier molecular flexibility index (Phi) is 8.23. The summed E-state index contributed by atoms with van der Waals surface area (Å²) in [6.45, 7) is 8.87. The van der Waals surface area contributed by atoms with Crippen LogP contribution < -0.4 is 5.32 Å². The van der Waals surface area contributed by atoms with Gasteiger partial charge in [0, 0.05) is 13.6 Å². The van der Waals surface area contributed by atoms with Crippen LogP contribution in [-0.2, 0) is 26.9 Å². The summed E-state index contributed by atoms with van der Waals surface area (Å²) in [5.74, 6) is -0.909. The molecule has 1 N–H and O–H groups in total. The average Bonchev–Trinajstić information content (AvgIpc) is 2.55. The van der Waals surface area contributed by atoms with Crippen molar-refractivity contribution in [2.24, 2.45) is 0 Å². The molecule has 1 rings (SSSR count). The van der Waals surface area contributed by atoms with Gasteiger partial charge in [0.25, 0.3) is 0 Å². The number of halogens is 3. The van der Waals surface area contributed by atoms with Gasteiger partial charge in [0.2, 0.25) is 5.91 Å². The lowest BCUT2D eigenvalue weighted by molar-refractivity contribution is -0.158. The minimum absolute atomic E-state index is 0.170. The molecule has 0 aliphatic heterocycles. The molecule has 1 amide bonds. The van der Waals surface area contributed by atoms with Crippen molar-refractivity contribution in [2.45, 2.75) is 45.0 Å². The summed E-state index contributed by atoms with van der Waals surface area (Å²) in [5, 5.41) is 2.98. The van der Waals surface area contributed by atoms with Gasteiger partial charge < -0.3 is 15.0 Å². The van der Waals surface area contributed by atoms with Gasteiger partial charge in [-0.3, -0.25) is 9.59 Å². The maximum atomic E-state index is 12.7. The quantitative estimate of drug-likeness (QED) is 0.538. The van der Waals surface area contributed by atoms with Crippen molar-refractivity contribution >= 4 is 11.9 Å². The molecule has 28 heavy (non-hydrogen) atoms. The second-order valence-corrected chi connectivity index (χ2v) is 7.43. The predicted octanol–water partition coefficient (Wildman–Crippen LogP) is 3.19. The third-order valence-electron chi connectivity index (χ3n) is 3.69. The SMILES string of the molecule is C=CCN[C@@H](Cc1ccc(C(F)(F)F)cc1)C(=O)N(C)CC(=O)OC(C)(C)C. The zero-order valence-electron chi connectivity index (χ0n) is 16.6. The van der Waals surface area contributed by atoms with E-state index in [0.29, 0.717) is 12.1 Å². The first-order valence-electron chi connectivity index (χ1n) is 8.80. The number of ether oxygens (including phenoxy) is 1. The molecule has 0 bridgehead atoms. The van der Waals surface area contributed by atoms with Gasteiger partial charge in [-0.2, -0.15) is 13.2 Å². The van der Waals surface area contributed by atoms with Crippen LogP contribution in [0.2, 0.25) is 0 Å². The van der Waals surface area contributed by atoms with E-state index in [1.807, 2.05) is 0 Å². The maximum absolute atomic E-state index is 12.7. The topological polar surface area (TPSA) is 58.6 Å². The number of nitrogens with one attached hydrogen (secondary N) is 1. The Morgan fingerprint density at radius 2 is 1.79 bits per heavy atom. The van der Waals surface area contributed by atoms with Gasteiger partial charge in [-0.15, -0.1) is 6.58 Å². The van der Waals surface area contributed by atoms with Crippen molar-refractivity contribution in [3.05, 3.63) is 48.0 Å². The highest BCUT2D eigenvalue weighted by atomic mass is 19.4. The molecule has 156 valence electrons. The fourth-order valence-corrected chi connectivity index (χ4v) is 2.45. The Morgan fingerprint density at radius 3 is 2.25 bits per heavy atom. The van der Waals surface area contributed by atoms with E-state index in [9.17, 15) is 22.8 Å². The van der Waals surface area contributed by atoms with Crippen molar-refractivity contribution < 1.29 is 27.5 Å². The van der Waals surface area contributed by atoms with Crippen LogP contribution in [0.25, 0.3) is 0 Å². The number of likely N-dealkylation sites (N-methyl/N-ethyl adjacent to an activating group) is 1. The number of hydrogen-bond donors (Lipinski definition) is 1. The summed E-state index contributed by atoms with van der Waals surface area (Å²) in [7, 11) is 1.47. The molecule has 1 atom stereocenters. The number of carbonyl (C=O) groups excluding carboxylic acids is 2. The monoisotopic (exact) mass is 400 g/mol. The molecule has 0 spiro atoms. The first-order chi connectivity index (χ1) is 12.8. The van der Waals surface area contributed by atoms with Gasteiger partial charge in [-0.25, -0.2) is 0 Å². The lowest BCUT2D eigenvalue weighted by Crippen LogP contribution is -2.48. The second-order valence-electron chi connectivity index (χ2n) is 7.43. The molecule has 0 fully saturated rings. The molecule has 8 heteroatoms. The Balaban J connectivity index is 2.84. The van der Waals surface area contributed by atoms with E-state index < -0.39 is 29.4 Å². The molecule has 0 aliphatic carbocycles. The molecule has 5 nitrogen and oxygen atoms in total. The van der Waals surface area contributed by atoms with Crippen LogP contribution in [0.3, 0.4) is 0 Å². The smallest absolute Gasteiger partial charge is 0.416 e. The first kappa shape index (κ1) is 23.7. The third kappa shape index (κ3) is 8.12. The van der Waals surface area contributed by atoms with E-state index in [1.54, 1.807) is 26.8 Å². The number of esters is 1. The van der Waals surface area contributed by atoms with Crippen molar-refractivity contribution in [3.63, 3.8) is 0 Å². The highest BCUT2D eigenvalue weighted by Gasteiger charge is 2.30. The zero-order valence-corrected chi connectivity index (χ0v) is 16.6. The predicted molar refractivity (Wildman–Crippen MR) is 101 cm³/mol. The standard InChI is InChI=1S/C20H27F3N2O3/c1-6-11-24-16(12-14-7-9-15(10-8-14)20(21,22)23)18(27)25(5)13-17(26)28-19(2,3)4/h6-10,16,24H,1,11-13H2,2-5H3/t16-/m0/s1. The molecular formula is C20H27F3N2O3. The average molecular weight is 400 g/mol. The summed E-state index contributed by atoms with van der Waals surface area (Å²) in [6, 6.07) is 3.92. The fraction of sp³-hybridized carbons (Fsp3) is 0.500. The van der Waals surface area contributed by atoms with Gasteiger partial charge in [0.15, 0.2) is 0 Å². The van der Waals surface area contributed by atoms with Gasteiger partial charge >= 0.3 is 12.1 Å². The van der Waals surface area contributed by atoms with Crippen LogP contribution in [0.5, 0.6) is 0 Å². The Hall–Kier alpha value is -2.35. The van der Waals surface area contributed by atoms with Gasteiger partial charge in [0.1, 0.15) is 12.1 Å². The molecule has 0 saturated carbocycles. The molecule has 1 aromatic carbocycles. The largest absolute Gasteiger partial charge is 0.459 e. The molecular weight excluding hydrogens is 373 g/mol. The van der Waals surface area contributed by atoms with Crippen molar-refractivity contribution in [3.8, 4) is 0 Å². The minimum atomic E-state index is -4.41. The van der Waals surface area contributed by atoms with Gasteiger partial charge in [-0.05, 0) is 44.9 Å². The number of hydrogen-bond acceptors (Lipinski definition) is 4. The van der Waals surface area contributed by atoms with Crippen LogP contribution >= 0.6 is 0 Å². The Morgan fingerprint density at radius 1 is 1.21 bits per heavy atom. The second kappa shape index (κ2) is 9.73. The van der Waals surface area contributed by atoms with Gasteiger partial charge in [-0.1, -0.05) is 18.2 Å². The third-order valence-corrected chi connectivity index (χ3v) is 3.69. The summed E-state index contributed by atoms with van der Waals surface area (Å²) in [5.41, 5.74) is -0.851. The molecule has 0 saturated heterocycles. The maximum Gasteiger partial charge on any atom is 0.416 e. The van der Waals surface area contributed by atoms with Crippen LogP contribution in [0.4, 0.5) is 13.2 Å². The van der Waals surface area contributed by atoms with Crippen molar-refractivity contribution in [1.29, 1.82) is 0 Å². The molecule has 0 unspecified atom stereocenters. The van der Waals surface area contributed by atoms with Gasteiger partial charge in [0.05, 0.1) is 11.6 Å². The normalized spacial score (nSPS) is 13.0. The van der Waals surface area contributed by atoms with Crippen LogP contribution in [0, 0.1) is 0 Å². The summed E-state index contributed by atoms with van der Waals surface area (Å²) < 4.78 is 43.3. The number of amides is 1. The van der Waals surface area contributed by atoms with Crippen molar-refractivity contribution in [2.75, 3.05) is 20.1 Å². The summed E-state index contributed by atoms with van der Waals surface area (Å²) in [4.78, 5) is 25.9.